The second-order valence-electron chi connectivity index (χ2n) is 4.81. The number of hydrogen-bond donors (Lipinski definition) is 1. The highest BCUT2D eigenvalue weighted by atomic mass is 32.1. The van der Waals surface area contributed by atoms with Crippen molar-refractivity contribution in [2.45, 2.75) is 33.1 Å². The molecule has 0 aliphatic rings. The summed E-state index contributed by atoms with van der Waals surface area (Å²) in [5.74, 6) is 0.127. The van der Waals surface area contributed by atoms with Gasteiger partial charge in [0.15, 0.2) is 0 Å². The molecular formula is C16H20N2OS. The second kappa shape index (κ2) is 7.20. The van der Waals surface area contributed by atoms with Gasteiger partial charge in [0.25, 0.3) is 0 Å². The monoisotopic (exact) mass is 288 g/mol. The minimum Gasteiger partial charge on any atom is -0.356 e. The number of carbonyl (C=O) groups excluding carboxylic acids is 1. The number of thiazole rings is 1. The molecule has 0 fully saturated rings. The molecule has 0 saturated heterocycles. The minimum absolute atomic E-state index is 0.127. The molecule has 0 radical (unpaired) electrons. The Morgan fingerprint density at radius 1 is 1.35 bits per heavy atom. The lowest BCUT2D eigenvalue weighted by Crippen LogP contribution is -2.25. The predicted octanol–water partition coefficient (Wildman–Crippen LogP) is 3.58. The predicted molar refractivity (Wildman–Crippen MR) is 83.9 cm³/mol. The fraction of sp³-hybridized carbons (Fsp3) is 0.375. The maximum Gasteiger partial charge on any atom is 0.219 e. The SMILES string of the molecule is CCCC(=O)NCCc1csc(-c2ccccc2C)n1. The zero-order chi connectivity index (χ0) is 14.4. The molecule has 20 heavy (non-hydrogen) atoms. The van der Waals surface area contributed by atoms with Crippen LogP contribution in [0.2, 0.25) is 0 Å². The Balaban J connectivity index is 1.93. The van der Waals surface area contributed by atoms with E-state index in [0.29, 0.717) is 13.0 Å². The highest BCUT2D eigenvalue weighted by molar-refractivity contribution is 7.13. The number of rotatable bonds is 6. The van der Waals surface area contributed by atoms with E-state index in [4.69, 9.17) is 0 Å². The van der Waals surface area contributed by atoms with Gasteiger partial charge in [-0.05, 0) is 18.9 Å². The van der Waals surface area contributed by atoms with Gasteiger partial charge in [-0.25, -0.2) is 4.98 Å². The van der Waals surface area contributed by atoms with E-state index in [1.807, 2.05) is 19.1 Å². The Labute approximate surface area is 124 Å². The van der Waals surface area contributed by atoms with Gasteiger partial charge in [-0.1, -0.05) is 31.2 Å². The van der Waals surface area contributed by atoms with E-state index in [1.165, 1.54) is 11.1 Å². The number of aromatic nitrogens is 1. The lowest BCUT2D eigenvalue weighted by atomic mass is 10.1. The molecule has 4 heteroatoms. The van der Waals surface area contributed by atoms with Crippen LogP contribution in [0.1, 0.15) is 31.0 Å². The molecule has 106 valence electrons. The van der Waals surface area contributed by atoms with Crippen molar-refractivity contribution in [3.8, 4) is 10.6 Å². The minimum atomic E-state index is 0.127. The Hall–Kier alpha value is -1.68. The smallest absolute Gasteiger partial charge is 0.219 e. The lowest BCUT2D eigenvalue weighted by Gasteiger charge is -2.02. The van der Waals surface area contributed by atoms with Crippen molar-refractivity contribution in [1.29, 1.82) is 0 Å². The van der Waals surface area contributed by atoms with Gasteiger partial charge in [0.2, 0.25) is 5.91 Å². The molecule has 0 aliphatic heterocycles. The summed E-state index contributed by atoms with van der Waals surface area (Å²) in [6.45, 7) is 4.77. The highest BCUT2D eigenvalue weighted by Gasteiger charge is 2.07. The third-order valence-electron chi connectivity index (χ3n) is 3.11. The number of benzene rings is 1. The van der Waals surface area contributed by atoms with Crippen LogP contribution in [0.15, 0.2) is 29.6 Å². The fourth-order valence-corrected chi connectivity index (χ4v) is 2.95. The average molecular weight is 288 g/mol. The molecule has 3 nitrogen and oxygen atoms in total. The van der Waals surface area contributed by atoms with Gasteiger partial charge < -0.3 is 5.32 Å². The van der Waals surface area contributed by atoms with E-state index >= 15 is 0 Å². The zero-order valence-corrected chi connectivity index (χ0v) is 12.8. The number of amides is 1. The van der Waals surface area contributed by atoms with Gasteiger partial charge in [0, 0.05) is 30.3 Å². The van der Waals surface area contributed by atoms with Crippen LogP contribution >= 0.6 is 11.3 Å². The largest absolute Gasteiger partial charge is 0.356 e. The summed E-state index contributed by atoms with van der Waals surface area (Å²) in [4.78, 5) is 16.0. The maximum atomic E-state index is 11.4. The van der Waals surface area contributed by atoms with Crippen molar-refractivity contribution in [3.63, 3.8) is 0 Å². The number of nitrogens with zero attached hydrogens (tertiary/aromatic N) is 1. The molecule has 2 rings (SSSR count). The summed E-state index contributed by atoms with van der Waals surface area (Å²) in [6, 6.07) is 8.27. The van der Waals surface area contributed by atoms with Crippen molar-refractivity contribution < 1.29 is 4.79 Å². The van der Waals surface area contributed by atoms with Gasteiger partial charge in [-0.3, -0.25) is 4.79 Å². The maximum absolute atomic E-state index is 11.4. The molecule has 1 heterocycles. The number of carbonyl (C=O) groups is 1. The third kappa shape index (κ3) is 3.90. The van der Waals surface area contributed by atoms with Gasteiger partial charge >= 0.3 is 0 Å². The molecule has 1 amide bonds. The molecule has 0 saturated carbocycles. The van der Waals surface area contributed by atoms with Crippen molar-refractivity contribution >= 4 is 17.2 Å². The van der Waals surface area contributed by atoms with Crippen molar-refractivity contribution in [2.24, 2.45) is 0 Å². The lowest BCUT2D eigenvalue weighted by molar-refractivity contribution is -0.121. The molecule has 1 aromatic carbocycles. The first-order valence-electron chi connectivity index (χ1n) is 6.97. The van der Waals surface area contributed by atoms with Crippen molar-refractivity contribution in [3.05, 3.63) is 40.9 Å². The van der Waals surface area contributed by atoms with E-state index < -0.39 is 0 Å². The van der Waals surface area contributed by atoms with Crippen LogP contribution in [0.3, 0.4) is 0 Å². The molecular weight excluding hydrogens is 268 g/mol. The van der Waals surface area contributed by atoms with E-state index in [2.05, 4.69) is 34.7 Å². The Bertz CT molecular complexity index is 577. The first-order valence-corrected chi connectivity index (χ1v) is 7.85. The summed E-state index contributed by atoms with van der Waals surface area (Å²) >= 11 is 1.66. The summed E-state index contributed by atoms with van der Waals surface area (Å²) in [6.07, 6.45) is 2.28. The first kappa shape index (κ1) is 14.7. The summed E-state index contributed by atoms with van der Waals surface area (Å²) < 4.78 is 0. The van der Waals surface area contributed by atoms with Crippen LogP contribution in [-0.2, 0) is 11.2 Å². The molecule has 0 unspecified atom stereocenters. The van der Waals surface area contributed by atoms with E-state index in [9.17, 15) is 4.79 Å². The second-order valence-corrected chi connectivity index (χ2v) is 5.67. The molecule has 0 aliphatic carbocycles. The fourth-order valence-electron chi connectivity index (χ4n) is 2.00. The standard InChI is InChI=1S/C16H20N2OS/c1-3-6-15(19)17-10-9-13-11-20-16(18-13)14-8-5-4-7-12(14)2/h4-5,7-8,11H,3,6,9-10H2,1-2H3,(H,17,19). The van der Waals surface area contributed by atoms with E-state index in [0.717, 1.165) is 23.5 Å². The third-order valence-corrected chi connectivity index (χ3v) is 4.03. The Morgan fingerprint density at radius 3 is 2.90 bits per heavy atom. The molecule has 1 aromatic heterocycles. The number of nitrogens with one attached hydrogen (secondary N) is 1. The quantitative estimate of drug-likeness (QED) is 0.883. The molecule has 1 N–H and O–H groups in total. The van der Waals surface area contributed by atoms with Gasteiger partial charge in [0.1, 0.15) is 5.01 Å². The van der Waals surface area contributed by atoms with Crippen LogP contribution in [0.4, 0.5) is 0 Å². The van der Waals surface area contributed by atoms with Crippen LogP contribution in [0.5, 0.6) is 0 Å². The van der Waals surface area contributed by atoms with E-state index in [-0.39, 0.29) is 5.91 Å². The number of aryl methyl sites for hydroxylation is 1. The summed E-state index contributed by atoms with van der Waals surface area (Å²) in [5.41, 5.74) is 3.48. The van der Waals surface area contributed by atoms with Crippen LogP contribution < -0.4 is 5.32 Å². The van der Waals surface area contributed by atoms with Gasteiger partial charge in [-0.2, -0.15) is 0 Å². The number of hydrogen-bond acceptors (Lipinski definition) is 3. The zero-order valence-electron chi connectivity index (χ0n) is 12.0. The molecule has 0 spiro atoms. The van der Waals surface area contributed by atoms with Crippen LogP contribution in [-0.4, -0.2) is 17.4 Å². The van der Waals surface area contributed by atoms with Crippen LogP contribution in [0.25, 0.3) is 10.6 Å². The highest BCUT2D eigenvalue weighted by Crippen LogP contribution is 2.26. The van der Waals surface area contributed by atoms with Crippen molar-refractivity contribution in [2.75, 3.05) is 6.54 Å². The summed E-state index contributed by atoms with van der Waals surface area (Å²) in [5, 5.41) is 6.05. The van der Waals surface area contributed by atoms with Gasteiger partial charge in [-0.15, -0.1) is 11.3 Å². The van der Waals surface area contributed by atoms with Crippen LogP contribution in [0, 0.1) is 6.92 Å². The van der Waals surface area contributed by atoms with E-state index in [1.54, 1.807) is 11.3 Å². The molecule has 0 atom stereocenters. The van der Waals surface area contributed by atoms with Crippen molar-refractivity contribution in [1.82, 2.24) is 10.3 Å². The topological polar surface area (TPSA) is 42.0 Å². The molecule has 2 aromatic rings. The molecule has 0 bridgehead atoms. The Morgan fingerprint density at radius 2 is 2.15 bits per heavy atom. The normalized spacial score (nSPS) is 10.5. The average Bonchev–Trinajstić information content (AvgIpc) is 2.88. The summed E-state index contributed by atoms with van der Waals surface area (Å²) in [7, 11) is 0. The van der Waals surface area contributed by atoms with Gasteiger partial charge in [0.05, 0.1) is 5.69 Å². The first-order chi connectivity index (χ1) is 9.70. The Kier molecular flexibility index (Phi) is 5.30.